The van der Waals surface area contributed by atoms with E-state index in [1.807, 2.05) is 35.2 Å². The third-order valence-electron chi connectivity index (χ3n) is 5.76. The summed E-state index contributed by atoms with van der Waals surface area (Å²) in [4.78, 5) is 21.3. The number of hydrogen-bond donors (Lipinski definition) is 1. The highest BCUT2D eigenvalue weighted by atomic mass is 32.1. The molecule has 3 rings (SSSR count). The Morgan fingerprint density at radius 1 is 1.55 bits per heavy atom. The van der Waals surface area contributed by atoms with Crippen LogP contribution in [-0.4, -0.2) is 41.4 Å². The van der Waals surface area contributed by atoms with Crippen LogP contribution in [0.4, 0.5) is 4.79 Å². The van der Waals surface area contributed by atoms with E-state index in [0.29, 0.717) is 25.4 Å². The van der Waals surface area contributed by atoms with Gasteiger partial charge in [-0.25, -0.2) is 0 Å². The number of carbonyl (C=O) groups is 1. The molecule has 0 aliphatic carbocycles. The van der Waals surface area contributed by atoms with Gasteiger partial charge >= 0.3 is 0 Å². The predicted octanol–water partition coefficient (Wildman–Crippen LogP) is 5.03. The van der Waals surface area contributed by atoms with Gasteiger partial charge in [-0.05, 0) is 66.5 Å². The minimum atomic E-state index is -0.213. The quantitative estimate of drug-likeness (QED) is 0.228. The Morgan fingerprint density at radius 2 is 2.38 bits per heavy atom. The molecule has 152 valence electrons. The van der Waals surface area contributed by atoms with Crippen LogP contribution in [0.2, 0.25) is 0 Å². The average molecular weight is 412 g/mol. The molecular weight excluding hydrogens is 386 g/mol. The molecule has 29 heavy (non-hydrogen) atoms. The monoisotopic (exact) mass is 411 g/mol. The van der Waals surface area contributed by atoms with Gasteiger partial charge in [0.15, 0.2) is 0 Å². The summed E-state index contributed by atoms with van der Waals surface area (Å²) in [5.41, 5.74) is 10.7. The second-order valence-corrected chi connectivity index (χ2v) is 7.67. The molecule has 3 atom stereocenters. The van der Waals surface area contributed by atoms with Crippen molar-refractivity contribution in [2.24, 2.45) is 17.0 Å². The molecule has 0 saturated carbocycles. The number of piperidine rings is 1. The molecule has 0 unspecified atom stereocenters. The number of carbonyl (C=O) groups excluding carboxylic acids is 1. The Balaban J connectivity index is 1.89. The van der Waals surface area contributed by atoms with Gasteiger partial charge in [0.05, 0.1) is 12.6 Å². The van der Waals surface area contributed by atoms with Crippen molar-refractivity contribution in [2.75, 3.05) is 20.2 Å². The molecule has 1 amide bonds. The largest absolute Gasteiger partial charge is 0.497 e. The van der Waals surface area contributed by atoms with Crippen LogP contribution in [0.3, 0.4) is 0 Å². The van der Waals surface area contributed by atoms with E-state index in [0.717, 1.165) is 35.1 Å². The number of methoxy groups -OCH3 is 1. The predicted molar refractivity (Wildman–Crippen MR) is 117 cm³/mol. The number of azide groups is 1. The number of aromatic nitrogens is 1. The van der Waals surface area contributed by atoms with Crippen LogP contribution in [0, 0.1) is 11.8 Å². The smallest absolute Gasteiger partial charge is 0.278 e. The fraction of sp³-hybridized carbons (Fsp3) is 0.429. The minimum Gasteiger partial charge on any atom is -0.497 e. The normalized spacial score (nSPS) is 20.0. The van der Waals surface area contributed by atoms with Gasteiger partial charge in [-0.15, -0.1) is 6.58 Å². The van der Waals surface area contributed by atoms with E-state index in [1.165, 1.54) is 0 Å². The van der Waals surface area contributed by atoms with Gasteiger partial charge in [-0.2, -0.15) is 0 Å². The molecule has 0 bridgehead atoms. The van der Waals surface area contributed by atoms with Crippen LogP contribution in [0.15, 0.2) is 48.2 Å². The van der Waals surface area contributed by atoms with Crippen LogP contribution in [0.1, 0.15) is 18.4 Å². The first-order valence-electron chi connectivity index (χ1n) is 9.62. The van der Waals surface area contributed by atoms with Crippen molar-refractivity contribution in [3.63, 3.8) is 0 Å². The first-order valence-corrected chi connectivity index (χ1v) is 10.1. The standard InChI is InChI=1S/C21H25N5O2S/c1-3-14(13-24-25-22)15-7-9-26(21(27)29)17(10-15)11-16-6-8-23-20-5-4-18(28-2)12-19(16)20/h3-6,8,12,14-15,17H,1,7,9-11,13H2,2H3,(H,27,29)/t14-,15-,17-/m0/s1. The number of nitrogens with zero attached hydrogens (tertiary/aromatic N) is 5. The van der Waals surface area contributed by atoms with Crippen LogP contribution in [0.25, 0.3) is 21.3 Å². The molecule has 1 fully saturated rings. The fourth-order valence-electron chi connectivity index (χ4n) is 4.20. The van der Waals surface area contributed by atoms with Crippen molar-refractivity contribution < 1.29 is 9.53 Å². The number of fused-ring (bicyclic) bond motifs is 1. The van der Waals surface area contributed by atoms with Gasteiger partial charge in [-0.3, -0.25) is 9.78 Å². The Hall–Kier alpha value is -2.70. The van der Waals surface area contributed by atoms with Gasteiger partial charge in [0.2, 0.25) is 0 Å². The van der Waals surface area contributed by atoms with Gasteiger partial charge in [-0.1, -0.05) is 23.8 Å². The van der Waals surface area contributed by atoms with Crippen LogP contribution in [0.5, 0.6) is 5.75 Å². The summed E-state index contributed by atoms with van der Waals surface area (Å²) in [6.45, 7) is 4.93. The molecule has 1 aromatic heterocycles. The Kier molecular flexibility index (Phi) is 7.01. The maximum atomic E-state index is 12.2. The lowest BCUT2D eigenvalue weighted by atomic mass is 9.79. The number of hydrogen-bond acceptors (Lipinski definition) is 4. The molecule has 1 aromatic carbocycles. The van der Waals surface area contributed by atoms with Crippen LogP contribution < -0.4 is 4.74 Å². The van der Waals surface area contributed by atoms with Crippen molar-refractivity contribution >= 4 is 28.8 Å². The van der Waals surface area contributed by atoms with E-state index in [1.54, 1.807) is 13.3 Å². The number of thiol groups is 1. The first-order chi connectivity index (χ1) is 14.1. The average Bonchev–Trinajstić information content (AvgIpc) is 2.74. The third-order valence-corrected chi connectivity index (χ3v) is 6.02. The van der Waals surface area contributed by atoms with Crippen LogP contribution >= 0.6 is 12.6 Å². The lowest BCUT2D eigenvalue weighted by Gasteiger charge is -2.41. The van der Waals surface area contributed by atoms with E-state index >= 15 is 0 Å². The Labute approximate surface area is 175 Å². The van der Waals surface area contributed by atoms with Gasteiger partial charge in [0, 0.05) is 35.6 Å². The molecule has 2 heterocycles. The fourth-order valence-corrected chi connectivity index (χ4v) is 4.47. The number of pyridine rings is 1. The molecule has 1 aliphatic heterocycles. The van der Waals surface area contributed by atoms with Gasteiger partial charge < -0.3 is 9.64 Å². The number of ether oxygens (including phenoxy) is 1. The van der Waals surface area contributed by atoms with Gasteiger partial charge in [0.1, 0.15) is 5.75 Å². The van der Waals surface area contributed by atoms with Crippen LogP contribution in [-0.2, 0) is 6.42 Å². The molecular formula is C21H25N5O2S. The topological polar surface area (TPSA) is 91.2 Å². The summed E-state index contributed by atoms with van der Waals surface area (Å²) in [5, 5.41) is 4.54. The highest BCUT2D eigenvalue weighted by Crippen LogP contribution is 2.33. The van der Waals surface area contributed by atoms with Crippen molar-refractivity contribution in [3.8, 4) is 5.75 Å². The summed E-state index contributed by atoms with van der Waals surface area (Å²) in [5.74, 6) is 1.17. The molecule has 8 heteroatoms. The number of benzene rings is 1. The lowest BCUT2D eigenvalue weighted by molar-refractivity contribution is 0.130. The zero-order valence-electron chi connectivity index (χ0n) is 16.4. The van der Waals surface area contributed by atoms with E-state index in [4.69, 9.17) is 10.3 Å². The molecule has 0 radical (unpaired) electrons. The number of likely N-dealkylation sites (tertiary alicyclic amines) is 1. The highest BCUT2D eigenvalue weighted by Gasteiger charge is 2.33. The first kappa shape index (κ1) is 21.0. The number of amides is 1. The zero-order valence-corrected chi connectivity index (χ0v) is 17.3. The Morgan fingerprint density at radius 3 is 3.07 bits per heavy atom. The molecule has 0 spiro atoms. The SMILES string of the molecule is C=C[C@@H](CN=[N+]=[N-])[C@H]1CCN(C(=O)S)[C@H](Cc2ccnc3ccc(OC)cc23)C1. The second kappa shape index (κ2) is 9.67. The summed E-state index contributed by atoms with van der Waals surface area (Å²) in [7, 11) is 1.64. The Bertz CT molecular complexity index is 944. The maximum absolute atomic E-state index is 12.2. The molecule has 0 N–H and O–H groups in total. The van der Waals surface area contributed by atoms with Crippen molar-refractivity contribution in [3.05, 3.63) is 59.1 Å². The van der Waals surface area contributed by atoms with Crippen molar-refractivity contribution in [2.45, 2.75) is 25.3 Å². The van der Waals surface area contributed by atoms with E-state index in [-0.39, 0.29) is 17.2 Å². The van der Waals surface area contributed by atoms with Gasteiger partial charge in [0.25, 0.3) is 5.24 Å². The third kappa shape index (κ3) is 4.83. The molecule has 1 saturated heterocycles. The van der Waals surface area contributed by atoms with E-state index in [2.05, 4.69) is 34.2 Å². The van der Waals surface area contributed by atoms with Crippen molar-refractivity contribution in [1.29, 1.82) is 0 Å². The minimum absolute atomic E-state index is 0.00377. The lowest BCUT2D eigenvalue weighted by Crippen LogP contribution is -2.46. The highest BCUT2D eigenvalue weighted by molar-refractivity contribution is 7.96. The summed E-state index contributed by atoms with van der Waals surface area (Å²) < 4.78 is 5.37. The van der Waals surface area contributed by atoms with E-state index < -0.39 is 0 Å². The maximum Gasteiger partial charge on any atom is 0.278 e. The summed E-state index contributed by atoms with van der Waals surface area (Å²) in [6.07, 6.45) is 6.00. The van der Waals surface area contributed by atoms with E-state index in [9.17, 15) is 4.79 Å². The second-order valence-electron chi connectivity index (χ2n) is 7.28. The molecule has 7 nitrogen and oxygen atoms in total. The summed E-state index contributed by atoms with van der Waals surface area (Å²) in [6, 6.07) is 7.82. The summed E-state index contributed by atoms with van der Waals surface area (Å²) >= 11 is 4.10. The molecule has 2 aromatic rings. The zero-order chi connectivity index (χ0) is 20.8. The molecule has 1 aliphatic rings. The number of rotatable bonds is 7. The van der Waals surface area contributed by atoms with Crippen molar-refractivity contribution in [1.82, 2.24) is 9.88 Å².